The highest BCUT2D eigenvalue weighted by molar-refractivity contribution is 7.86. The number of aryl methyl sites for hydroxylation is 1. The maximum absolute atomic E-state index is 12.2. The van der Waals surface area contributed by atoms with Gasteiger partial charge in [0.25, 0.3) is 10.1 Å². The van der Waals surface area contributed by atoms with Gasteiger partial charge in [0.05, 0.1) is 348 Å². The summed E-state index contributed by atoms with van der Waals surface area (Å²) in [6, 6.07) is 17.2. The molecule has 3 aromatic rings. The van der Waals surface area contributed by atoms with E-state index in [4.69, 9.17) is 166 Å². The second kappa shape index (κ2) is 95.8. The van der Waals surface area contributed by atoms with E-state index in [0.717, 1.165) is 18.6 Å². The lowest BCUT2D eigenvalue weighted by atomic mass is 10.2. The number of aliphatic hydroxyl groups is 2. The highest BCUT2D eigenvalue weighted by Gasteiger charge is 2.15. The van der Waals surface area contributed by atoms with Crippen LogP contribution in [0.1, 0.15) is 47.6 Å². The molecule has 0 heterocycles. The standard InChI is InChI=1S/C46H78O19S.C38H70O18.2CH4/c1-4-10-50-13-14-52-17-18-54-23-27-58-31-35-62-43-39-44(63-36-32-59-28-24-55-20-19-53-16-15-51-12-11-49-5-2)41-45(40-43)64-37-33-60-29-25-56-21-22-57-26-30-61-34-38-65-66(47,48)46-8-6-42(3)7-9-46;1-2-41-7-8-44-13-14-47-19-20-50-23-26-53-29-32-56-38-34-36(54-30-27-51-24-21-48-17-15-45-11-9-42-5-3-39)33-37(35-38)55-31-28-52-25-22-49-18-16-46-12-10-43-6-4-40;;/h6-9,39-41H,4-5,10-38H2,1-3H3;33-35,39-40H,2-32H2,1H3;2*1H4. The summed E-state index contributed by atoms with van der Waals surface area (Å²) >= 11 is 0. The quantitative estimate of drug-likeness (QED) is 0.0450. The topological polar surface area (TPSA) is 379 Å². The zero-order valence-corrected chi connectivity index (χ0v) is 74.0. The Kier molecular flexibility index (Phi) is 92.2. The highest BCUT2D eigenvalue weighted by Crippen LogP contribution is 2.30. The summed E-state index contributed by atoms with van der Waals surface area (Å²) < 4.78 is 207. The molecule has 37 nitrogen and oxygen atoms in total. The third-order valence-electron chi connectivity index (χ3n) is 15.1. The Labute approximate surface area is 739 Å². The Bertz CT molecular complexity index is 2690. The second-order valence-corrected chi connectivity index (χ2v) is 26.6. The minimum absolute atomic E-state index is 0. The molecule has 0 bridgehead atoms. The van der Waals surface area contributed by atoms with Crippen LogP contribution in [0.2, 0.25) is 0 Å². The number of hydrogen-bond donors (Lipinski definition) is 2. The van der Waals surface area contributed by atoms with Crippen LogP contribution in [0.25, 0.3) is 0 Å². The molecule has 0 unspecified atom stereocenters. The van der Waals surface area contributed by atoms with Gasteiger partial charge in [-0.15, -0.1) is 0 Å². The first-order chi connectivity index (χ1) is 60.2. The molecule has 0 aliphatic carbocycles. The summed E-state index contributed by atoms with van der Waals surface area (Å²) in [7, 11) is -3.81. The Hall–Kier alpha value is -4.75. The Morgan fingerprint density at radius 2 is 0.363 bits per heavy atom. The van der Waals surface area contributed by atoms with Crippen molar-refractivity contribution in [3.8, 4) is 34.5 Å². The van der Waals surface area contributed by atoms with Gasteiger partial charge in [-0.25, -0.2) is 0 Å². The van der Waals surface area contributed by atoms with Gasteiger partial charge in [-0.05, 0) is 39.3 Å². The Morgan fingerprint density at radius 1 is 0.210 bits per heavy atom. The summed E-state index contributed by atoms with van der Waals surface area (Å²) in [5, 5.41) is 17.3. The van der Waals surface area contributed by atoms with Crippen molar-refractivity contribution in [2.75, 3.05) is 403 Å². The average molecular weight is 1810 g/mol. The molecule has 0 atom stereocenters. The molecule has 0 spiro atoms. The predicted octanol–water partition coefficient (Wildman–Crippen LogP) is 6.50. The van der Waals surface area contributed by atoms with Crippen LogP contribution in [-0.4, -0.2) is 422 Å². The van der Waals surface area contributed by atoms with E-state index in [1.807, 2.05) is 20.8 Å². The molecule has 0 saturated carbocycles. The van der Waals surface area contributed by atoms with Gasteiger partial charge in [0, 0.05) is 56.2 Å². The van der Waals surface area contributed by atoms with E-state index in [-0.39, 0.29) is 46.2 Å². The molecule has 0 aliphatic heterocycles. The van der Waals surface area contributed by atoms with Crippen LogP contribution in [0.3, 0.4) is 0 Å². The largest absolute Gasteiger partial charge is 0.491 e. The molecule has 3 rings (SSSR count). The van der Waals surface area contributed by atoms with Gasteiger partial charge in [0.1, 0.15) is 74.1 Å². The van der Waals surface area contributed by atoms with E-state index < -0.39 is 10.1 Å². The van der Waals surface area contributed by atoms with Crippen molar-refractivity contribution >= 4 is 10.1 Å². The van der Waals surface area contributed by atoms with E-state index in [2.05, 4.69) is 6.92 Å². The maximum atomic E-state index is 12.2. The summed E-state index contributed by atoms with van der Waals surface area (Å²) in [4.78, 5) is 0.115. The van der Waals surface area contributed by atoms with Crippen molar-refractivity contribution in [1.29, 1.82) is 0 Å². The van der Waals surface area contributed by atoms with Crippen LogP contribution in [-0.2, 0) is 137 Å². The fourth-order valence-corrected chi connectivity index (χ4v) is 10.1. The van der Waals surface area contributed by atoms with Crippen molar-refractivity contribution in [3.05, 3.63) is 66.2 Å². The van der Waals surface area contributed by atoms with Crippen molar-refractivity contribution < 1.29 is 174 Å². The number of rotatable bonds is 97. The summed E-state index contributed by atoms with van der Waals surface area (Å²) in [6.07, 6.45) is 0.994. The van der Waals surface area contributed by atoms with Crippen molar-refractivity contribution in [2.24, 2.45) is 0 Å². The Morgan fingerprint density at radius 3 is 0.532 bits per heavy atom. The molecule has 3 aromatic carbocycles. The molecule has 0 aromatic heterocycles. The number of benzene rings is 3. The first-order valence-corrected chi connectivity index (χ1v) is 43.9. The molecule has 0 aliphatic rings. The third kappa shape index (κ3) is 81.7. The number of hydrogen-bond acceptors (Lipinski definition) is 37. The van der Waals surface area contributed by atoms with E-state index in [1.165, 1.54) is 12.1 Å². The van der Waals surface area contributed by atoms with Crippen molar-refractivity contribution in [1.82, 2.24) is 0 Å². The summed E-state index contributed by atoms with van der Waals surface area (Å²) in [6.45, 7) is 33.4. The molecule has 0 amide bonds. The first-order valence-electron chi connectivity index (χ1n) is 42.5. The minimum atomic E-state index is -3.81. The fourth-order valence-electron chi connectivity index (χ4n) is 9.25. The molecule has 124 heavy (non-hydrogen) atoms. The number of aliphatic hydroxyl groups excluding tert-OH is 2. The van der Waals surface area contributed by atoms with Crippen LogP contribution in [0.15, 0.2) is 65.6 Å². The van der Waals surface area contributed by atoms with Gasteiger partial charge in [-0.2, -0.15) is 8.42 Å². The van der Waals surface area contributed by atoms with E-state index in [1.54, 1.807) is 48.5 Å². The van der Waals surface area contributed by atoms with Crippen molar-refractivity contribution in [2.45, 2.75) is 53.9 Å². The SMILES string of the molecule is C.C.CCCOCCOCCOCCOCCOc1cc(OCCOCCOCCOCCOCCOCC)cc(OCCOCCOCCOCCOCCOS(=O)(=O)c2ccc(C)cc2)c1.CCOCCOCCOCCOCCOCCOc1cc(OCCOCCOCCOCCOCCO)cc(OCCOCCOCCOCCOCCO)c1. The monoisotopic (exact) mass is 1810 g/mol. The lowest BCUT2D eigenvalue weighted by Gasteiger charge is -2.14. The molecule has 0 radical (unpaired) electrons. The minimum Gasteiger partial charge on any atom is -0.491 e. The molecular weight excluding hydrogens is 1660 g/mol. The predicted molar refractivity (Wildman–Crippen MR) is 461 cm³/mol. The molecule has 728 valence electrons. The van der Waals surface area contributed by atoms with Crippen LogP contribution < -0.4 is 28.4 Å². The average Bonchev–Trinajstić information content (AvgIpc) is 0.860. The Balaban J connectivity index is 0.00000243. The van der Waals surface area contributed by atoms with E-state index >= 15 is 0 Å². The van der Waals surface area contributed by atoms with Gasteiger partial charge in [-0.3, -0.25) is 4.18 Å². The third-order valence-corrected chi connectivity index (χ3v) is 16.5. The van der Waals surface area contributed by atoms with Crippen LogP contribution in [0.4, 0.5) is 0 Å². The van der Waals surface area contributed by atoms with Crippen LogP contribution in [0.5, 0.6) is 34.5 Å². The van der Waals surface area contributed by atoms with E-state index in [0.29, 0.717) is 404 Å². The fraction of sp³-hybridized carbons (Fsp3) is 0.791. The van der Waals surface area contributed by atoms with E-state index in [9.17, 15) is 8.42 Å². The number of ether oxygens (including phenoxy) is 32. The van der Waals surface area contributed by atoms with Crippen LogP contribution >= 0.6 is 0 Å². The van der Waals surface area contributed by atoms with Gasteiger partial charge < -0.3 is 162 Å². The van der Waals surface area contributed by atoms with Gasteiger partial charge >= 0.3 is 0 Å². The van der Waals surface area contributed by atoms with Crippen molar-refractivity contribution in [3.63, 3.8) is 0 Å². The molecule has 0 fully saturated rings. The first kappa shape index (κ1) is 119. The van der Waals surface area contributed by atoms with Gasteiger partial charge in [0.15, 0.2) is 0 Å². The molecule has 38 heteroatoms. The smallest absolute Gasteiger partial charge is 0.297 e. The zero-order chi connectivity index (χ0) is 87.4. The highest BCUT2D eigenvalue weighted by atomic mass is 32.2. The summed E-state index contributed by atoms with van der Waals surface area (Å²) in [5.74, 6) is 3.41. The van der Waals surface area contributed by atoms with Gasteiger partial charge in [0.2, 0.25) is 0 Å². The normalized spacial score (nSPS) is 11.4. The maximum Gasteiger partial charge on any atom is 0.297 e. The van der Waals surface area contributed by atoms with Crippen LogP contribution in [0, 0.1) is 6.92 Å². The van der Waals surface area contributed by atoms with Gasteiger partial charge in [-0.1, -0.05) is 39.5 Å². The molecule has 2 N–H and O–H groups in total. The lowest BCUT2D eigenvalue weighted by Crippen LogP contribution is -2.15. The second-order valence-electron chi connectivity index (χ2n) is 25.0. The zero-order valence-electron chi connectivity index (χ0n) is 73.2. The molecule has 0 saturated heterocycles. The molecular formula is C86H156O37S. The lowest BCUT2D eigenvalue weighted by molar-refractivity contribution is -0.0120. The summed E-state index contributed by atoms with van der Waals surface area (Å²) in [5.41, 5.74) is 0.965.